The second-order valence-corrected chi connectivity index (χ2v) is 13.2. The van der Waals surface area contributed by atoms with Gasteiger partial charge in [-0.1, -0.05) is 55.5 Å². The van der Waals surface area contributed by atoms with Crippen LogP contribution in [0.5, 0.6) is 5.75 Å². The first-order chi connectivity index (χ1) is 20.7. The number of nitrogens with zero attached hydrogens (tertiary/aromatic N) is 3. The summed E-state index contributed by atoms with van der Waals surface area (Å²) in [6, 6.07) is 28.2. The van der Waals surface area contributed by atoms with Gasteiger partial charge in [0.2, 0.25) is 0 Å². The Bertz CT molecular complexity index is 1840. The highest BCUT2D eigenvalue weighted by molar-refractivity contribution is 8.00. The topological polar surface area (TPSA) is 88.1 Å². The molecule has 2 aromatic heterocycles. The molecule has 1 N–H and O–H groups in total. The zero-order valence-corrected chi connectivity index (χ0v) is 25.3. The fraction of sp³-hybridized carbons (Fsp3) is 0.250. The highest BCUT2D eigenvalue weighted by Gasteiger charge is 2.34. The number of carboxylic acids is 1. The molecule has 6 nitrogen and oxygen atoms in total. The van der Waals surface area contributed by atoms with Gasteiger partial charge in [-0.15, -0.1) is 11.8 Å². The van der Waals surface area contributed by atoms with E-state index in [2.05, 4.69) is 46.8 Å². The minimum atomic E-state index is -0.939. The maximum atomic E-state index is 12.2. The third kappa shape index (κ3) is 5.76. The minimum Gasteiger partial charge on any atom is -0.487 e. The summed E-state index contributed by atoms with van der Waals surface area (Å²) in [6.07, 6.45) is 3.14. The maximum Gasteiger partial charge on any atom is 0.309 e. The van der Waals surface area contributed by atoms with Crippen molar-refractivity contribution in [2.45, 2.75) is 56.9 Å². The minimum absolute atomic E-state index is 0.307. The second kappa shape index (κ2) is 11.6. The van der Waals surface area contributed by atoms with Crippen molar-refractivity contribution in [3.63, 3.8) is 0 Å². The molecule has 1 unspecified atom stereocenters. The number of pyridine rings is 1. The van der Waals surface area contributed by atoms with Crippen LogP contribution in [0.15, 0.2) is 90.0 Å². The molecule has 0 amide bonds. The first-order valence-electron chi connectivity index (χ1n) is 14.4. The van der Waals surface area contributed by atoms with E-state index in [1.807, 2.05) is 72.6 Å². The molecule has 3 heterocycles. The van der Waals surface area contributed by atoms with E-state index in [9.17, 15) is 15.2 Å². The number of hydrogen-bond donors (Lipinski definition) is 1. The molecular formula is C36H33N3O3S. The van der Waals surface area contributed by atoms with E-state index in [-0.39, 0.29) is 0 Å². The molecule has 0 saturated carbocycles. The fourth-order valence-corrected chi connectivity index (χ4v) is 7.00. The van der Waals surface area contributed by atoms with Crippen molar-refractivity contribution in [3.05, 3.63) is 113 Å². The largest absolute Gasteiger partial charge is 0.487 e. The van der Waals surface area contributed by atoms with Crippen LogP contribution in [0, 0.1) is 16.7 Å². The van der Waals surface area contributed by atoms with Crippen LogP contribution >= 0.6 is 11.8 Å². The zero-order chi connectivity index (χ0) is 30.1. The number of ether oxygens (including phenoxy) is 1. The number of thioether (sulfide) groups is 1. The van der Waals surface area contributed by atoms with Crippen molar-refractivity contribution in [2.24, 2.45) is 5.41 Å². The smallest absolute Gasteiger partial charge is 0.309 e. The van der Waals surface area contributed by atoms with Crippen LogP contribution in [0.4, 0.5) is 0 Å². The van der Waals surface area contributed by atoms with Crippen molar-refractivity contribution >= 4 is 28.6 Å². The Balaban J connectivity index is 1.38. The van der Waals surface area contributed by atoms with E-state index < -0.39 is 11.4 Å². The third-order valence-corrected chi connectivity index (χ3v) is 9.33. The highest BCUT2D eigenvalue weighted by Crippen LogP contribution is 2.48. The molecule has 5 aromatic rings. The lowest BCUT2D eigenvalue weighted by molar-refractivity contribution is -0.146. The van der Waals surface area contributed by atoms with Crippen molar-refractivity contribution in [1.29, 1.82) is 5.26 Å². The Labute approximate surface area is 256 Å². The van der Waals surface area contributed by atoms with Gasteiger partial charge >= 0.3 is 5.97 Å². The summed E-state index contributed by atoms with van der Waals surface area (Å²) < 4.78 is 8.69. The molecule has 0 bridgehead atoms. The summed E-state index contributed by atoms with van der Waals surface area (Å²) in [6.45, 7) is 6.72. The number of carboxylic acid groups (broad SMARTS) is 1. The number of carbonyl (C=O) groups is 1. The molecular weight excluding hydrogens is 554 g/mol. The number of rotatable bonds is 9. The van der Waals surface area contributed by atoms with Crippen molar-refractivity contribution in [1.82, 2.24) is 9.55 Å². The van der Waals surface area contributed by atoms with Gasteiger partial charge in [0.25, 0.3) is 0 Å². The van der Waals surface area contributed by atoms with E-state index in [4.69, 9.17) is 4.74 Å². The average Bonchev–Trinajstić information content (AvgIpc) is 3.29. The number of nitriles is 1. The molecule has 1 aliphatic heterocycles. The van der Waals surface area contributed by atoms with Crippen LogP contribution in [-0.2, 0) is 30.8 Å². The summed E-state index contributed by atoms with van der Waals surface area (Å²) in [7, 11) is 0. The summed E-state index contributed by atoms with van der Waals surface area (Å²) in [4.78, 5) is 18.0. The molecule has 1 atom stereocenters. The zero-order valence-electron chi connectivity index (χ0n) is 24.5. The number of aliphatic carboxylic acids is 1. The highest BCUT2D eigenvalue weighted by atomic mass is 32.2. The predicted molar refractivity (Wildman–Crippen MR) is 170 cm³/mol. The van der Waals surface area contributed by atoms with Gasteiger partial charge in [-0.3, -0.25) is 9.78 Å². The van der Waals surface area contributed by atoms with Gasteiger partial charge in [0.05, 0.1) is 28.3 Å². The molecule has 0 aliphatic carbocycles. The average molecular weight is 588 g/mol. The molecule has 0 saturated heterocycles. The van der Waals surface area contributed by atoms with Gasteiger partial charge in [-0.25, -0.2) is 0 Å². The van der Waals surface area contributed by atoms with Crippen LogP contribution in [0.2, 0.25) is 0 Å². The Morgan fingerprint density at radius 2 is 1.84 bits per heavy atom. The summed E-state index contributed by atoms with van der Waals surface area (Å²) in [5.74, 6) is 0.0215. The van der Waals surface area contributed by atoms with Crippen molar-refractivity contribution in [3.8, 4) is 22.9 Å². The van der Waals surface area contributed by atoms with Gasteiger partial charge in [-0.05, 0) is 61.7 Å². The summed E-state index contributed by atoms with van der Waals surface area (Å²) in [5, 5.41) is 20.7. The lowest BCUT2D eigenvalue weighted by atomic mass is 9.87. The molecule has 3 aromatic carbocycles. The Kier molecular flexibility index (Phi) is 7.72. The SMILES string of the molecule is CC1Cc2c(OCc3ccc(-c4ccccc4)cn3)ccc3c2c(c(CC(C)(C)C(=O)O)n3Cc2ccc(C#N)cc2)S1. The van der Waals surface area contributed by atoms with Crippen LogP contribution in [0.3, 0.4) is 0 Å². The lowest BCUT2D eigenvalue weighted by Crippen LogP contribution is -2.28. The molecule has 0 radical (unpaired) electrons. The second-order valence-electron chi connectivity index (χ2n) is 11.8. The van der Waals surface area contributed by atoms with Gasteiger partial charge in [0, 0.05) is 51.5 Å². The number of aromatic nitrogens is 2. The molecule has 216 valence electrons. The molecule has 43 heavy (non-hydrogen) atoms. The first kappa shape index (κ1) is 28.6. The standard InChI is InChI=1S/C36H33N3O3S/c1-23-17-29-32(42-22-28-14-13-27(20-38-28)26-7-5-4-6-8-26)16-15-30-33(29)34(43-23)31(18-36(2,3)35(40)41)39(30)21-25-11-9-24(19-37)10-12-25/h4-16,20,23H,17-18,21-22H2,1-3H3,(H,40,41). The normalized spacial score (nSPS) is 14.4. The Morgan fingerprint density at radius 3 is 2.51 bits per heavy atom. The van der Waals surface area contributed by atoms with Crippen LogP contribution in [0.1, 0.15) is 48.8 Å². The van der Waals surface area contributed by atoms with Crippen LogP contribution in [-0.4, -0.2) is 25.9 Å². The monoisotopic (exact) mass is 587 g/mol. The quantitative estimate of drug-likeness (QED) is 0.189. The Hall–Kier alpha value is -4.54. The summed E-state index contributed by atoms with van der Waals surface area (Å²) >= 11 is 1.82. The third-order valence-electron chi connectivity index (χ3n) is 8.08. The lowest BCUT2D eigenvalue weighted by Gasteiger charge is -2.24. The van der Waals surface area contributed by atoms with E-state index in [0.717, 1.165) is 61.6 Å². The van der Waals surface area contributed by atoms with Gasteiger partial charge in [0.15, 0.2) is 0 Å². The van der Waals surface area contributed by atoms with Gasteiger partial charge < -0.3 is 14.4 Å². The van der Waals surface area contributed by atoms with E-state index in [1.165, 1.54) is 0 Å². The predicted octanol–water partition coefficient (Wildman–Crippen LogP) is 7.89. The van der Waals surface area contributed by atoms with E-state index >= 15 is 0 Å². The van der Waals surface area contributed by atoms with Crippen LogP contribution < -0.4 is 4.74 Å². The van der Waals surface area contributed by atoms with E-state index in [1.54, 1.807) is 13.8 Å². The van der Waals surface area contributed by atoms with Crippen molar-refractivity contribution in [2.75, 3.05) is 0 Å². The maximum absolute atomic E-state index is 12.2. The van der Waals surface area contributed by atoms with Crippen LogP contribution in [0.25, 0.3) is 22.0 Å². The van der Waals surface area contributed by atoms with Crippen molar-refractivity contribution < 1.29 is 14.6 Å². The number of benzene rings is 3. The fourth-order valence-electron chi connectivity index (χ4n) is 5.68. The molecule has 6 rings (SSSR count). The van der Waals surface area contributed by atoms with Gasteiger partial charge in [0.1, 0.15) is 12.4 Å². The molecule has 0 spiro atoms. The number of hydrogen-bond acceptors (Lipinski definition) is 5. The molecule has 1 aliphatic rings. The molecule has 0 fully saturated rings. The van der Waals surface area contributed by atoms with E-state index in [0.29, 0.717) is 30.4 Å². The molecule has 7 heteroatoms. The Morgan fingerprint density at radius 1 is 1.07 bits per heavy atom. The van der Waals surface area contributed by atoms with Gasteiger partial charge in [-0.2, -0.15) is 5.26 Å². The summed E-state index contributed by atoms with van der Waals surface area (Å²) in [5.41, 5.74) is 7.04. The first-order valence-corrected chi connectivity index (χ1v) is 15.3.